The Morgan fingerprint density at radius 1 is 1.47 bits per heavy atom. The van der Waals surface area contributed by atoms with Crippen LogP contribution in [0.15, 0.2) is 18.2 Å². The fourth-order valence-corrected chi connectivity index (χ4v) is 3.00. The van der Waals surface area contributed by atoms with Crippen LogP contribution in [0.4, 0.5) is 4.39 Å². The molecule has 2 atom stereocenters. The van der Waals surface area contributed by atoms with Crippen LogP contribution in [0.2, 0.25) is 0 Å². The molecule has 0 saturated carbocycles. The molecule has 0 spiro atoms. The number of likely N-dealkylation sites (tertiary alicyclic amines) is 1. The summed E-state index contributed by atoms with van der Waals surface area (Å²) in [6.07, 6.45) is 3.53. The molecule has 0 amide bonds. The lowest BCUT2D eigenvalue weighted by Gasteiger charge is -2.28. The maximum Gasteiger partial charge on any atom is 0.128 e. The van der Waals surface area contributed by atoms with Crippen molar-refractivity contribution in [3.8, 4) is 0 Å². The normalized spacial score (nSPS) is 23.7. The minimum atomic E-state index is -0.209. The lowest BCUT2D eigenvalue weighted by atomic mass is 10.1. The Kier molecular flexibility index (Phi) is 4.53. The number of rotatable bonds is 4. The fourth-order valence-electron chi connectivity index (χ4n) is 2.87. The lowest BCUT2D eigenvalue weighted by molar-refractivity contribution is 0.187. The van der Waals surface area contributed by atoms with Crippen molar-refractivity contribution in [2.45, 2.75) is 51.7 Å². The Labute approximate surface area is 119 Å². The molecule has 1 fully saturated rings. The van der Waals surface area contributed by atoms with Gasteiger partial charge >= 0.3 is 0 Å². The van der Waals surface area contributed by atoms with Gasteiger partial charge in [0.15, 0.2) is 0 Å². The average molecular weight is 280 g/mol. The highest BCUT2D eigenvalue weighted by atomic mass is 32.1. The van der Waals surface area contributed by atoms with Gasteiger partial charge in [0.1, 0.15) is 10.8 Å². The third-order valence-electron chi connectivity index (χ3n) is 4.11. The predicted octanol–water partition coefficient (Wildman–Crippen LogP) is 3.22. The zero-order valence-electron chi connectivity index (χ0n) is 11.5. The highest BCUT2D eigenvalue weighted by Gasteiger charge is 2.29. The van der Waals surface area contributed by atoms with E-state index in [1.165, 1.54) is 18.9 Å². The molecule has 1 aliphatic rings. The molecule has 1 aromatic carbocycles. The minimum absolute atomic E-state index is 0.209. The van der Waals surface area contributed by atoms with Crippen molar-refractivity contribution in [2.75, 3.05) is 0 Å². The molecule has 1 heterocycles. The summed E-state index contributed by atoms with van der Waals surface area (Å²) in [5, 5.41) is 0. The first-order chi connectivity index (χ1) is 9.02. The zero-order valence-corrected chi connectivity index (χ0v) is 12.3. The Bertz CT molecular complexity index is 475. The van der Waals surface area contributed by atoms with Crippen LogP contribution >= 0.6 is 12.2 Å². The Balaban J connectivity index is 2.17. The topological polar surface area (TPSA) is 29.3 Å². The van der Waals surface area contributed by atoms with Crippen LogP contribution in [-0.2, 0) is 6.54 Å². The van der Waals surface area contributed by atoms with Gasteiger partial charge in [-0.1, -0.05) is 31.3 Å². The van der Waals surface area contributed by atoms with Crippen molar-refractivity contribution in [1.82, 2.24) is 4.90 Å². The van der Waals surface area contributed by atoms with Crippen LogP contribution in [0.5, 0.6) is 0 Å². The van der Waals surface area contributed by atoms with E-state index in [-0.39, 0.29) is 10.8 Å². The molecule has 1 aliphatic heterocycles. The first-order valence-electron chi connectivity index (χ1n) is 6.87. The maximum absolute atomic E-state index is 14.1. The SMILES string of the molecule is CCC1CCC(C)N1Cc1ccc(C(N)=S)cc1F. The first-order valence-corrected chi connectivity index (χ1v) is 7.27. The van der Waals surface area contributed by atoms with E-state index in [4.69, 9.17) is 18.0 Å². The van der Waals surface area contributed by atoms with E-state index in [9.17, 15) is 4.39 Å². The minimum Gasteiger partial charge on any atom is -0.389 e. The van der Waals surface area contributed by atoms with Crippen LogP contribution < -0.4 is 5.73 Å². The second-order valence-corrected chi connectivity index (χ2v) is 5.77. The van der Waals surface area contributed by atoms with Crippen LogP contribution in [0.1, 0.15) is 44.2 Å². The van der Waals surface area contributed by atoms with Crippen molar-refractivity contribution in [3.63, 3.8) is 0 Å². The van der Waals surface area contributed by atoms with E-state index in [0.29, 0.717) is 24.2 Å². The van der Waals surface area contributed by atoms with Gasteiger partial charge in [0.2, 0.25) is 0 Å². The molecule has 1 aromatic rings. The van der Waals surface area contributed by atoms with Crippen LogP contribution in [0.3, 0.4) is 0 Å². The number of halogens is 1. The number of nitrogens with two attached hydrogens (primary N) is 1. The lowest BCUT2D eigenvalue weighted by Crippen LogP contribution is -2.33. The van der Waals surface area contributed by atoms with Crippen molar-refractivity contribution < 1.29 is 4.39 Å². The summed E-state index contributed by atoms with van der Waals surface area (Å²) in [5.74, 6) is -0.209. The van der Waals surface area contributed by atoms with Crippen molar-refractivity contribution in [2.24, 2.45) is 5.73 Å². The largest absolute Gasteiger partial charge is 0.389 e. The molecule has 2 rings (SSSR count). The van der Waals surface area contributed by atoms with Gasteiger partial charge < -0.3 is 5.73 Å². The number of benzene rings is 1. The molecule has 2 unspecified atom stereocenters. The molecule has 104 valence electrons. The molecule has 4 heteroatoms. The van der Waals surface area contributed by atoms with E-state index in [2.05, 4.69) is 18.7 Å². The highest BCUT2D eigenvalue weighted by Crippen LogP contribution is 2.28. The summed E-state index contributed by atoms with van der Waals surface area (Å²) in [7, 11) is 0. The molecule has 2 nitrogen and oxygen atoms in total. The van der Waals surface area contributed by atoms with Crippen molar-refractivity contribution >= 4 is 17.2 Å². The third-order valence-corrected chi connectivity index (χ3v) is 4.35. The Morgan fingerprint density at radius 2 is 2.21 bits per heavy atom. The Morgan fingerprint density at radius 3 is 2.79 bits per heavy atom. The van der Waals surface area contributed by atoms with Crippen LogP contribution in [0.25, 0.3) is 0 Å². The van der Waals surface area contributed by atoms with Gasteiger partial charge in [0, 0.05) is 29.8 Å². The summed E-state index contributed by atoms with van der Waals surface area (Å²) in [6, 6.07) is 6.16. The number of hydrogen-bond acceptors (Lipinski definition) is 2. The monoisotopic (exact) mass is 280 g/mol. The highest BCUT2D eigenvalue weighted by molar-refractivity contribution is 7.80. The Hall–Kier alpha value is -1.00. The fraction of sp³-hybridized carbons (Fsp3) is 0.533. The summed E-state index contributed by atoms with van der Waals surface area (Å²) in [6.45, 7) is 5.09. The second-order valence-electron chi connectivity index (χ2n) is 5.33. The number of thiocarbonyl (C=S) groups is 1. The molecule has 2 N–H and O–H groups in total. The van der Waals surface area contributed by atoms with E-state index in [1.807, 2.05) is 12.1 Å². The molecule has 0 aliphatic carbocycles. The quantitative estimate of drug-likeness (QED) is 0.859. The van der Waals surface area contributed by atoms with Gasteiger partial charge in [-0.25, -0.2) is 4.39 Å². The van der Waals surface area contributed by atoms with Crippen molar-refractivity contribution in [3.05, 3.63) is 35.1 Å². The van der Waals surface area contributed by atoms with Gasteiger partial charge in [-0.15, -0.1) is 0 Å². The van der Waals surface area contributed by atoms with Crippen molar-refractivity contribution in [1.29, 1.82) is 0 Å². The van der Waals surface area contributed by atoms with Crippen LogP contribution in [0, 0.1) is 5.82 Å². The molecule has 0 radical (unpaired) electrons. The average Bonchev–Trinajstić information content (AvgIpc) is 2.72. The molecule has 1 saturated heterocycles. The molecule has 19 heavy (non-hydrogen) atoms. The summed E-state index contributed by atoms with van der Waals surface area (Å²) < 4.78 is 14.1. The third kappa shape index (κ3) is 3.12. The van der Waals surface area contributed by atoms with Gasteiger partial charge in [0.25, 0.3) is 0 Å². The van der Waals surface area contributed by atoms with Gasteiger partial charge in [-0.05, 0) is 32.3 Å². The number of hydrogen-bond donors (Lipinski definition) is 1. The van der Waals surface area contributed by atoms with Gasteiger partial charge in [0.05, 0.1) is 0 Å². The molecular weight excluding hydrogens is 259 g/mol. The standard InChI is InChI=1S/C15H21FN2S/c1-3-13-7-4-10(2)18(13)9-12-6-5-11(15(17)19)8-14(12)16/h5-6,8,10,13H,3-4,7,9H2,1-2H3,(H2,17,19). The summed E-state index contributed by atoms with van der Waals surface area (Å²) in [4.78, 5) is 2.64. The van der Waals surface area contributed by atoms with E-state index < -0.39 is 0 Å². The second kappa shape index (κ2) is 5.97. The van der Waals surface area contributed by atoms with E-state index >= 15 is 0 Å². The first kappa shape index (κ1) is 14.4. The molecular formula is C15H21FN2S. The predicted molar refractivity (Wildman–Crippen MR) is 80.6 cm³/mol. The number of nitrogens with zero attached hydrogens (tertiary/aromatic N) is 1. The molecule has 0 aromatic heterocycles. The smallest absolute Gasteiger partial charge is 0.128 e. The zero-order chi connectivity index (χ0) is 14.0. The van der Waals surface area contributed by atoms with Gasteiger partial charge in [-0.2, -0.15) is 0 Å². The van der Waals surface area contributed by atoms with E-state index in [1.54, 1.807) is 0 Å². The van der Waals surface area contributed by atoms with E-state index in [0.717, 1.165) is 12.0 Å². The van der Waals surface area contributed by atoms with Gasteiger partial charge in [-0.3, -0.25) is 4.90 Å². The maximum atomic E-state index is 14.1. The summed E-state index contributed by atoms with van der Waals surface area (Å²) in [5.41, 5.74) is 6.84. The summed E-state index contributed by atoms with van der Waals surface area (Å²) >= 11 is 4.87. The molecule has 0 bridgehead atoms. The van der Waals surface area contributed by atoms with Crippen LogP contribution in [-0.4, -0.2) is 22.0 Å².